The van der Waals surface area contributed by atoms with Crippen LogP contribution in [0.4, 0.5) is 11.4 Å². The van der Waals surface area contributed by atoms with Crippen molar-refractivity contribution in [3.63, 3.8) is 0 Å². The number of benzene rings is 2. The normalized spacial score (nSPS) is 10.3. The molecule has 0 fully saturated rings. The molecule has 19 heavy (non-hydrogen) atoms. The number of hydrogen-bond acceptors (Lipinski definition) is 2. The smallest absolute Gasteiger partial charge is 0.257 e. The first-order valence-corrected chi connectivity index (χ1v) is 6.43. The van der Waals surface area contributed by atoms with E-state index >= 15 is 0 Å². The van der Waals surface area contributed by atoms with E-state index in [1.54, 1.807) is 36.4 Å². The Hall–Kier alpha value is -1.42. The number of nitrogen functional groups attached to an aromatic ring is 1. The Morgan fingerprint density at radius 1 is 1.05 bits per heavy atom. The third kappa shape index (κ3) is 3.13. The Balaban J connectivity index is 2.26. The summed E-state index contributed by atoms with van der Waals surface area (Å²) in [7, 11) is 0. The highest BCUT2D eigenvalue weighted by molar-refractivity contribution is 6.44. The number of anilines is 2. The Kier molecular flexibility index (Phi) is 4.20. The number of nitrogens with two attached hydrogens (primary N) is 1. The Morgan fingerprint density at radius 3 is 2.47 bits per heavy atom. The van der Waals surface area contributed by atoms with Gasteiger partial charge in [0.25, 0.3) is 5.91 Å². The van der Waals surface area contributed by atoms with Gasteiger partial charge in [-0.15, -0.1) is 0 Å². The molecule has 1 amide bonds. The maximum absolute atomic E-state index is 12.1. The molecule has 0 aliphatic heterocycles. The number of halogens is 3. The van der Waals surface area contributed by atoms with Gasteiger partial charge in [-0.05, 0) is 30.3 Å². The van der Waals surface area contributed by atoms with Crippen molar-refractivity contribution in [2.24, 2.45) is 0 Å². The molecule has 0 atom stereocenters. The lowest BCUT2D eigenvalue weighted by atomic mass is 10.2. The minimum absolute atomic E-state index is 0.212. The van der Waals surface area contributed by atoms with E-state index in [0.29, 0.717) is 27.0 Å². The van der Waals surface area contributed by atoms with Crippen LogP contribution in [0.2, 0.25) is 15.1 Å². The second-order valence-electron chi connectivity index (χ2n) is 3.79. The fraction of sp³-hybridized carbons (Fsp3) is 0. The van der Waals surface area contributed by atoms with E-state index in [0.717, 1.165) is 0 Å². The largest absolute Gasteiger partial charge is 0.397 e. The van der Waals surface area contributed by atoms with Gasteiger partial charge in [-0.3, -0.25) is 4.79 Å². The zero-order valence-electron chi connectivity index (χ0n) is 9.58. The van der Waals surface area contributed by atoms with Gasteiger partial charge in [0.1, 0.15) is 0 Å². The zero-order chi connectivity index (χ0) is 14.0. The quantitative estimate of drug-likeness (QED) is 0.803. The molecule has 0 aliphatic rings. The van der Waals surface area contributed by atoms with E-state index in [4.69, 9.17) is 40.5 Å². The minimum Gasteiger partial charge on any atom is -0.397 e. The van der Waals surface area contributed by atoms with Crippen LogP contribution < -0.4 is 11.1 Å². The molecule has 98 valence electrons. The molecule has 0 aliphatic carbocycles. The zero-order valence-corrected chi connectivity index (χ0v) is 11.9. The third-order valence-corrected chi connectivity index (χ3v) is 3.61. The summed E-state index contributed by atoms with van der Waals surface area (Å²) in [5.41, 5.74) is 6.87. The van der Waals surface area contributed by atoms with Crippen molar-refractivity contribution in [3.05, 3.63) is 57.0 Å². The average Bonchev–Trinajstić information content (AvgIpc) is 2.37. The first-order valence-electron chi connectivity index (χ1n) is 5.29. The second kappa shape index (κ2) is 5.70. The van der Waals surface area contributed by atoms with Crippen LogP contribution in [0.15, 0.2) is 36.4 Å². The summed E-state index contributed by atoms with van der Waals surface area (Å²) in [5, 5.41) is 3.64. The minimum atomic E-state index is -0.366. The first kappa shape index (κ1) is 14.0. The highest BCUT2D eigenvalue weighted by atomic mass is 35.5. The van der Waals surface area contributed by atoms with E-state index in [2.05, 4.69) is 5.32 Å². The number of amides is 1. The van der Waals surface area contributed by atoms with Gasteiger partial charge in [-0.1, -0.05) is 40.9 Å². The Bertz CT molecular complexity index is 644. The highest BCUT2D eigenvalue weighted by Gasteiger charge is 2.13. The van der Waals surface area contributed by atoms with Crippen molar-refractivity contribution < 1.29 is 4.79 Å². The van der Waals surface area contributed by atoms with E-state index in [-0.39, 0.29) is 10.9 Å². The highest BCUT2D eigenvalue weighted by Crippen LogP contribution is 2.27. The van der Waals surface area contributed by atoms with Gasteiger partial charge in [0.15, 0.2) is 0 Å². The summed E-state index contributed by atoms with van der Waals surface area (Å²) in [6.07, 6.45) is 0. The van der Waals surface area contributed by atoms with Crippen molar-refractivity contribution in [1.82, 2.24) is 0 Å². The molecule has 2 aromatic carbocycles. The van der Waals surface area contributed by atoms with Gasteiger partial charge >= 0.3 is 0 Å². The SMILES string of the molecule is Nc1cc(NC(=O)c2cccc(Cl)c2Cl)ccc1Cl. The molecule has 0 unspecified atom stereocenters. The van der Waals surface area contributed by atoms with E-state index in [1.807, 2.05) is 0 Å². The summed E-state index contributed by atoms with van der Waals surface area (Å²) in [6, 6.07) is 9.67. The number of nitrogens with one attached hydrogen (secondary N) is 1. The molecule has 3 nitrogen and oxygen atoms in total. The summed E-state index contributed by atoms with van der Waals surface area (Å²) >= 11 is 17.6. The van der Waals surface area contributed by atoms with Gasteiger partial charge in [0.05, 0.1) is 26.3 Å². The van der Waals surface area contributed by atoms with Crippen LogP contribution in [0.1, 0.15) is 10.4 Å². The number of rotatable bonds is 2. The standard InChI is InChI=1S/C13H9Cl3N2O/c14-9-5-4-7(6-11(9)17)18-13(19)8-2-1-3-10(15)12(8)16/h1-6H,17H2,(H,18,19). The summed E-state index contributed by atoms with van der Waals surface area (Å²) < 4.78 is 0. The van der Waals surface area contributed by atoms with Crippen LogP contribution in [0.5, 0.6) is 0 Å². The van der Waals surface area contributed by atoms with Crippen LogP contribution in [-0.2, 0) is 0 Å². The monoisotopic (exact) mass is 314 g/mol. The maximum Gasteiger partial charge on any atom is 0.257 e. The van der Waals surface area contributed by atoms with Gasteiger partial charge in [0.2, 0.25) is 0 Å². The molecule has 0 saturated heterocycles. The van der Waals surface area contributed by atoms with Crippen molar-refractivity contribution in [3.8, 4) is 0 Å². The topological polar surface area (TPSA) is 55.1 Å². The van der Waals surface area contributed by atoms with E-state index < -0.39 is 0 Å². The number of hydrogen-bond donors (Lipinski definition) is 2. The third-order valence-electron chi connectivity index (χ3n) is 2.45. The lowest BCUT2D eigenvalue weighted by molar-refractivity contribution is 0.102. The number of carbonyl (C=O) groups excluding carboxylic acids is 1. The van der Waals surface area contributed by atoms with Crippen LogP contribution in [0.25, 0.3) is 0 Å². The Morgan fingerprint density at radius 2 is 1.79 bits per heavy atom. The van der Waals surface area contributed by atoms with Crippen molar-refractivity contribution in [2.45, 2.75) is 0 Å². The van der Waals surface area contributed by atoms with E-state index in [9.17, 15) is 4.79 Å². The van der Waals surface area contributed by atoms with Gasteiger partial charge in [0, 0.05) is 5.69 Å². The molecule has 3 N–H and O–H groups in total. The second-order valence-corrected chi connectivity index (χ2v) is 4.98. The molecule has 0 saturated carbocycles. The number of carbonyl (C=O) groups is 1. The van der Waals surface area contributed by atoms with Gasteiger partial charge < -0.3 is 11.1 Å². The molecule has 0 bridgehead atoms. The van der Waals surface area contributed by atoms with Crippen molar-refractivity contribution >= 4 is 52.1 Å². The predicted octanol–water partition coefficient (Wildman–Crippen LogP) is 4.48. The van der Waals surface area contributed by atoms with Crippen LogP contribution in [0, 0.1) is 0 Å². The fourth-order valence-electron chi connectivity index (χ4n) is 1.50. The van der Waals surface area contributed by atoms with Crippen molar-refractivity contribution in [2.75, 3.05) is 11.1 Å². The summed E-state index contributed by atoms with van der Waals surface area (Å²) in [5.74, 6) is -0.366. The molecule has 6 heteroatoms. The fourth-order valence-corrected chi connectivity index (χ4v) is 2.00. The van der Waals surface area contributed by atoms with Crippen LogP contribution >= 0.6 is 34.8 Å². The van der Waals surface area contributed by atoms with Gasteiger partial charge in [-0.2, -0.15) is 0 Å². The molecule has 0 spiro atoms. The van der Waals surface area contributed by atoms with Crippen LogP contribution in [0.3, 0.4) is 0 Å². The van der Waals surface area contributed by atoms with Crippen LogP contribution in [-0.4, -0.2) is 5.91 Å². The molecule has 0 radical (unpaired) electrons. The summed E-state index contributed by atoms with van der Waals surface area (Å²) in [4.78, 5) is 12.1. The Labute approximate surface area is 125 Å². The lowest BCUT2D eigenvalue weighted by Crippen LogP contribution is -2.12. The first-order chi connectivity index (χ1) is 8.99. The molecular weight excluding hydrogens is 307 g/mol. The average molecular weight is 316 g/mol. The predicted molar refractivity (Wildman–Crippen MR) is 80.3 cm³/mol. The van der Waals surface area contributed by atoms with Gasteiger partial charge in [-0.25, -0.2) is 0 Å². The van der Waals surface area contributed by atoms with Crippen molar-refractivity contribution in [1.29, 1.82) is 0 Å². The molecule has 0 heterocycles. The van der Waals surface area contributed by atoms with E-state index in [1.165, 1.54) is 0 Å². The molecule has 2 rings (SSSR count). The lowest BCUT2D eigenvalue weighted by Gasteiger charge is -2.08. The molecule has 0 aromatic heterocycles. The summed E-state index contributed by atoms with van der Waals surface area (Å²) in [6.45, 7) is 0. The molecule has 2 aromatic rings. The maximum atomic E-state index is 12.1. The molecular formula is C13H9Cl3N2O.